The summed E-state index contributed by atoms with van der Waals surface area (Å²) < 4.78 is 38.2. The number of benzene rings is 2. The third-order valence-electron chi connectivity index (χ3n) is 4.38. The van der Waals surface area contributed by atoms with Crippen molar-refractivity contribution < 1.29 is 17.9 Å². The second kappa shape index (κ2) is 7.84. The van der Waals surface area contributed by atoms with Gasteiger partial charge in [0.15, 0.2) is 0 Å². The molecule has 7 heteroatoms. The summed E-state index contributed by atoms with van der Waals surface area (Å²) in [6.45, 7) is 2.20. The van der Waals surface area contributed by atoms with Gasteiger partial charge in [-0.1, -0.05) is 36.4 Å². The van der Waals surface area contributed by atoms with Crippen LogP contribution in [0.4, 0.5) is 0 Å². The van der Waals surface area contributed by atoms with Gasteiger partial charge in [-0.15, -0.1) is 0 Å². The van der Waals surface area contributed by atoms with Crippen molar-refractivity contribution in [1.82, 2.24) is 4.72 Å². The van der Waals surface area contributed by atoms with E-state index in [2.05, 4.69) is 9.71 Å². The largest absolute Gasteiger partial charge is 0.497 e. The summed E-state index contributed by atoms with van der Waals surface area (Å²) in [5, 5.41) is 0. The number of hydrogen-bond acceptors (Lipinski definition) is 5. The zero-order chi connectivity index (χ0) is 19.4. The Kier molecular flexibility index (Phi) is 5.51. The van der Waals surface area contributed by atoms with E-state index in [1.165, 1.54) is 0 Å². The number of rotatable bonds is 6. The number of hydrogen-bond donors (Lipinski definition) is 1. The highest BCUT2D eigenvalue weighted by Crippen LogP contribution is 2.30. The van der Waals surface area contributed by atoms with Crippen molar-refractivity contribution in [3.05, 3.63) is 65.2 Å². The van der Waals surface area contributed by atoms with Crippen LogP contribution in [-0.4, -0.2) is 35.0 Å². The van der Waals surface area contributed by atoms with Gasteiger partial charge >= 0.3 is 0 Å². The molecule has 0 atom stereocenters. The number of nitrogens with zero attached hydrogens (tertiary/aromatic N) is 1. The topological polar surface area (TPSA) is 77.0 Å². The Labute approximate surface area is 159 Å². The fourth-order valence-corrected chi connectivity index (χ4v) is 4.54. The molecule has 6 nitrogen and oxygen atoms in total. The maximum absolute atomic E-state index is 12.5. The molecule has 0 unspecified atom stereocenters. The first-order chi connectivity index (χ1) is 13.0. The van der Waals surface area contributed by atoms with Crippen molar-refractivity contribution in [1.29, 1.82) is 0 Å². The molecule has 1 heterocycles. The molecule has 27 heavy (non-hydrogen) atoms. The molecule has 0 fully saturated rings. The van der Waals surface area contributed by atoms with E-state index in [1.54, 1.807) is 33.3 Å². The van der Waals surface area contributed by atoms with Gasteiger partial charge in [-0.3, -0.25) is 9.71 Å². The van der Waals surface area contributed by atoms with Gasteiger partial charge in [0.2, 0.25) is 0 Å². The molecule has 0 aromatic heterocycles. The third kappa shape index (κ3) is 3.98. The Bertz CT molecular complexity index is 996. The molecule has 2 aromatic carbocycles. The van der Waals surface area contributed by atoms with Gasteiger partial charge in [-0.25, -0.2) is 8.42 Å². The molecule has 0 aliphatic carbocycles. The van der Waals surface area contributed by atoms with Crippen LogP contribution in [0.2, 0.25) is 0 Å². The van der Waals surface area contributed by atoms with Gasteiger partial charge in [0.05, 0.1) is 14.2 Å². The predicted molar refractivity (Wildman–Crippen MR) is 107 cm³/mol. The van der Waals surface area contributed by atoms with Gasteiger partial charge in [-0.05, 0) is 30.5 Å². The normalized spacial score (nSPS) is 17.1. The maximum Gasteiger partial charge on any atom is 0.264 e. The summed E-state index contributed by atoms with van der Waals surface area (Å²) in [6, 6.07) is 14.7. The number of aliphatic imine (C=N–C) groups is 1. The lowest BCUT2D eigenvalue weighted by Crippen LogP contribution is -2.24. The van der Waals surface area contributed by atoms with E-state index in [0.29, 0.717) is 29.9 Å². The minimum absolute atomic E-state index is 0.281. The molecule has 1 aliphatic heterocycles. The van der Waals surface area contributed by atoms with Crippen LogP contribution in [0.3, 0.4) is 0 Å². The molecule has 0 spiro atoms. The smallest absolute Gasteiger partial charge is 0.264 e. The summed E-state index contributed by atoms with van der Waals surface area (Å²) in [7, 11) is -0.389. The summed E-state index contributed by atoms with van der Waals surface area (Å²) in [6.07, 6.45) is 0.617. The molecular weight excluding hydrogens is 364 g/mol. The highest BCUT2D eigenvalue weighted by Gasteiger charge is 2.32. The van der Waals surface area contributed by atoms with Gasteiger partial charge in [0, 0.05) is 18.2 Å². The lowest BCUT2D eigenvalue weighted by Gasteiger charge is -2.09. The maximum atomic E-state index is 12.5. The summed E-state index contributed by atoms with van der Waals surface area (Å²) >= 11 is 0. The average Bonchev–Trinajstić information content (AvgIpc) is 2.90. The van der Waals surface area contributed by atoms with Gasteiger partial charge in [-0.2, -0.15) is 0 Å². The highest BCUT2D eigenvalue weighted by atomic mass is 32.2. The van der Waals surface area contributed by atoms with E-state index in [9.17, 15) is 8.42 Å². The lowest BCUT2D eigenvalue weighted by molar-refractivity contribution is 0.391. The van der Waals surface area contributed by atoms with Crippen molar-refractivity contribution in [2.45, 2.75) is 13.3 Å². The molecule has 3 rings (SSSR count). The molecule has 0 saturated heterocycles. The van der Waals surface area contributed by atoms with Crippen LogP contribution in [0.25, 0.3) is 4.91 Å². The van der Waals surface area contributed by atoms with E-state index in [0.717, 1.165) is 17.1 Å². The van der Waals surface area contributed by atoms with E-state index in [4.69, 9.17) is 9.47 Å². The van der Waals surface area contributed by atoms with Gasteiger partial charge in [0.25, 0.3) is 10.0 Å². The van der Waals surface area contributed by atoms with Crippen LogP contribution in [0, 0.1) is 0 Å². The lowest BCUT2D eigenvalue weighted by atomic mass is 10.1. The fourth-order valence-electron chi connectivity index (χ4n) is 3.02. The molecular formula is C20H22N2O4S. The summed E-state index contributed by atoms with van der Waals surface area (Å²) in [5.41, 5.74) is 2.26. The number of ether oxygens (including phenoxy) is 2. The molecule has 0 saturated carbocycles. The summed E-state index contributed by atoms with van der Waals surface area (Å²) in [4.78, 5) is 4.75. The van der Waals surface area contributed by atoms with Crippen LogP contribution >= 0.6 is 0 Å². The molecule has 2 aromatic rings. The van der Waals surface area contributed by atoms with Crippen LogP contribution < -0.4 is 14.2 Å². The number of nitrogens with one attached hydrogen (secondary N) is 1. The zero-order valence-corrected chi connectivity index (χ0v) is 16.3. The average molecular weight is 386 g/mol. The van der Waals surface area contributed by atoms with Crippen molar-refractivity contribution in [3.63, 3.8) is 0 Å². The zero-order valence-electron chi connectivity index (χ0n) is 15.5. The van der Waals surface area contributed by atoms with Crippen molar-refractivity contribution in [2.75, 3.05) is 20.8 Å². The van der Waals surface area contributed by atoms with Crippen molar-refractivity contribution in [3.8, 4) is 11.5 Å². The number of methoxy groups -OCH3 is 2. The first kappa shape index (κ1) is 19.0. The minimum atomic E-state index is -3.60. The van der Waals surface area contributed by atoms with E-state index in [-0.39, 0.29) is 4.91 Å². The van der Waals surface area contributed by atoms with E-state index < -0.39 is 10.0 Å². The molecule has 1 aliphatic rings. The minimum Gasteiger partial charge on any atom is -0.497 e. The first-order valence-corrected chi connectivity index (χ1v) is 9.99. The van der Waals surface area contributed by atoms with Crippen molar-refractivity contribution in [2.24, 2.45) is 4.99 Å². The molecule has 0 bridgehead atoms. The Morgan fingerprint density at radius 1 is 1.04 bits per heavy atom. The standard InChI is InChI=1S/C20H22N2O4S/c1-14-19(16-7-5-4-6-8-16)27(23,24)22-20(14)21-12-11-15-9-10-17(25-2)13-18(15)26-3/h4-10,13H,11-12H2,1-3H3,(H,21,22). The van der Waals surface area contributed by atoms with Crippen LogP contribution in [0.5, 0.6) is 11.5 Å². The third-order valence-corrected chi connectivity index (χ3v) is 5.92. The van der Waals surface area contributed by atoms with Crippen LogP contribution in [-0.2, 0) is 16.4 Å². The molecule has 142 valence electrons. The SMILES string of the molecule is COc1ccc(CCN=C2NS(=O)(=O)C(c3ccccc3)=C2C)c(OC)c1. The number of amidine groups is 1. The Hall–Kier alpha value is -2.80. The Balaban J connectivity index is 1.82. The van der Waals surface area contributed by atoms with E-state index >= 15 is 0 Å². The second-order valence-electron chi connectivity index (χ2n) is 6.08. The Morgan fingerprint density at radius 2 is 1.78 bits per heavy atom. The summed E-state index contributed by atoms with van der Waals surface area (Å²) in [5.74, 6) is 1.83. The fraction of sp³-hybridized carbons (Fsp3) is 0.250. The number of sulfonamides is 1. The monoisotopic (exact) mass is 386 g/mol. The molecule has 0 radical (unpaired) electrons. The van der Waals surface area contributed by atoms with Gasteiger partial charge in [0.1, 0.15) is 22.2 Å². The van der Waals surface area contributed by atoms with E-state index in [1.807, 2.05) is 36.4 Å². The van der Waals surface area contributed by atoms with Crippen LogP contribution in [0.15, 0.2) is 59.1 Å². The van der Waals surface area contributed by atoms with Crippen LogP contribution in [0.1, 0.15) is 18.1 Å². The highest BCUT2D eigenvalue weighted by molar-refractivity contribution is 8.00. The molecule has 1 N–H and O–H groups in total. The second-order valence-corrected chi connectivity index (χ2v) is 7.70. The Morgan fingerprint density at radius 3 is 2.44 bits per heavy atom. The quantitative estimate of drug-likeness (QED) is 0.828. The van der Waals surface area contributed by atoms with Crippen molar-refractivity contribution >= 4 is 20.8 Å². The molecule has 0 amide bonds. The first-order valence-electron chi connectivity index (χ1n) is 8.51. The predicted octanol–water partition coefficient (Wildman–Crippen LogP) is 3.01. The van der Waals surface area contributed by atoms with Gasteiger partial charge < -0.3 is 9.47 Å².